The Hall–Kier alpha value is -3.39. The van der Waals surface area contributed by atoms with Crippen LogP contribution in [0.4, 0.5) is 23.9 Å². The number of urea groups is 1. The largest absolute Gasteiger partial charge is 0.419 e. The molecule has 0 spiro atoms. The second-order valence-corrected chi connectivity index (χ2v) is 9.59. The maximum Gasteiger partial charge on any atom is 0.419 e. The van der Waals surface area contributed by atoms with E-state index in [2.05, 4.69) is 26.3 Å². The van der Waals surface area contributed by atoms with Crippen molar-refractivity contribution < 1.29 is 18.0 Å². The Balaban J connectivity index is 1.27. The number of carbonyl (C=O) groups is 1. The number of nitriles is 1. The topological polar surface area (TPSA) is 88.4 Å². The number of carbonyl (C=O) groups excluding carboxylic acids is 1. The van der Waals surface area contributed by atoms with Crippen LogP contribution in [-0.4, -0.2) is 70.1 Å². The first-order chi connectivity index (χ1) is 17.1. The van der Waals surface area contributed by atoms with E-state index in [0.717, 1.165) is 50.4 Å². The van der Waals surface area contributed by atoms with E-state index in [9.17, 15) is 18.0 Å². The van der Waals surface area contributed by atoms with Crippen molar-refractivity contribution in [2.24, 2.45) is 0 Å². The average molecular weight is 502 g/mol. The Labute approximate surface area is 208 Å². The van der Waals surface area contributed by atoms with Crippen LogP contribution in [0.25, 0.3) is 0 Å². The highest BCUT2D eigenvalue weighted by Gasteiger charge is 2.36. The molecule has 4 rings (SSSR count). The number of hydrogen-bond acceptors (Lipinski definition) is 6. The molecule has 8 nitrogen and oxygen atoms in total. The fraction of sp³-hybridized carbons (Fsp3) is 0.520. The molecule has 192 valence electrons. The normalized spacial score (nSPS) is 21.8. The number of anilines is 1. The first kappa shape index (κ1) is 25.7. The molecule has 0 aliphatic carbocycles. The smallest absolute Gasteiger partial charge is 0.337 e. The fourth-order valence-electron chi connectivity index (χ4n) is 4.94. The van der Waals surface area contributed by atoms with Crippen LogP contribution in [-0.2, 0) is 12.7 Å². The van der Waals surface area contributed by atoms with Crippen molar-refractivity contribution in [3.8, 4) is 6.07 Å². The van der Waals surface area contributed by atoms with Crippen molar-refractivity contribution in [2.75, 3.05) is 31.1 Å². The monoisotopic (exact) mass is 501 g/mol. The Morgan fingerprint density at radius 3 is 2.19 bits per heavy atom. The minimum Gasteiger partial charge on any atom is -0.337 e. The summed E-state index contributed by atoms with van der Waals surface area (Å²) in [7, 11) is 0. The molecular weight excluding hydrogens is 471 g/mol. The van der Waals surface area contributed by atoms with Gasteiger partial charge < -0.3 is 15.1 Å². The third-order valence-corrected chi connectivity index (χ3v) is 6.81. The van der Waals surface area contributed by atoms with Crippen LogP contribution in [0, 0.1) is 11.3 Å². The highest BCUT2D eigenvalue weighted by molar-refractivity contribution is 5.75. The van der Waals surface area contributed by atoms with Gasteiger partial charge in [0.1, 0.15) is 0 Å². The van der Waals surface area contributed by atoms with Gasteiger partial charge in [-0.25, -0.2) is 14.8 Å². The molecular formula is C25H30F3N7O. The van der Waals surface area contributed by atoms with E-state index >= 15 is 0 Å². The Bertz CT molecular complexity index is 1060. The van der Waals surface area contributed by atoms with Gasteiger partial charge in [0.2, 0.25) is 5.95 Å². The molecule has 1 aromatic carbocycles. The number of amides is 2. The Kier molecular flexibility index (Phi) is 7.64. The van der Waals surface area contributed by atoms with Gasteiger partial charge in [-0.15, -0.1) is 0 Å². The zero-order valence-corrected chi connectivity index (χ0v) is 20.4. The zero-order valence-electron chi connectivity index (χ0n) is 20.4. The maximum atomic E-state index is 13.1. The molecule has 1 aromatic heterocycles. The quantitative estimate of drug-likeness (QED) is 0.688. The highest BCUT2D eigenvalue weighted by atomic mass is 19.4. The van der Waals surface area contributed by atoms with Crippen molar-refractivity contribution in [3.05, 3.63) is 53.3 Å². The van der Waals surface area contributed by atoms with Gasteiger partial charge in [-0.2, -0.15) is 18.4 Å². The summed E-state index contributed by atoms with van der Waals surface area (Å²) >= 11 is 0. The molecule has 3 heterocycles. The van der Waals surface area contributed by atoms with E-state index in [1.54, 1.807) is 0 Å². The van der Waals surface area contributed by atoms with Gasteiger partial charge in [0.05, 0.1) is 17.2 Å². The summed E-state index contributed by atoms with van der Waals surface area (Å²) < 4.78 is 38.4. The van der Waals surface area contributed by atoms with E-state index < -0.39 is 11.7 Å². The van der Waals surface area contributed by atoms with Crippen molar-refractivity contribution in [3.63, 3.8) is 0 Å². The fourth-order valence-corrected chi connectivity index (χ4v) is 4.94. The third-order valence-electron chi connectivity index (χ3n) is 6.81. The third kappa shape index (κ3) is 6.05. The van der Waals surface area contributed by atoms with E-state index in [4.69, 9.17) is 5.26 Å². The van der Waals surface area contributed by atoms with Crippen LogP contribution in [0.1, 0.15) is 43.4 Å². The van der Waals surface area contributed by atoms with Gasteiger partial charge in [-0.3, -0.25) is 4.90 Å². The molecule has 0 saturated carbocycles. The zero-order chi connectivity index (χ0) is 25.9. The molecule has 0 bridgehead atoms. The number of rotatable bonds is 4. The maximum absolute atomic E-state index is 13.1. The minimum atomic E-state index is -4.48. The minimum absolute atomic E-state index is 0.0883. The summed E-state index contributed by atoms with van der Waals surface area (Å²) in [5, 5.41) is 12.1. The summed E-state index contributed by atoms with van der Waals surface area (Å²) in [6, 6.07) is 9.40. The van der Waals surface area contributed by atoms with Gasteiger partial charge in [0.25, 0.3) is 0 Å². The number of benzene rings is 1. The second kappa shape index (κ2) is 10.7. The predicted octanol–water partition coefficient (Wildman–Crippen LogP) is 3.64. The number of nitrogens with one attached hydrogen (secondary N) is 1. The molecule has 11 heteroatoms. The van der Waals surface area contributed by atoms with Gasteiger partial charge in [-0.1, -0.05) is 12.1 Å². The lowest BCUT2D eigenvalue weighted by molar-refractivity contribution is -0.138. The van der Waals surface area contributed by atoms with Gasteiger partial charge in [-0.05, 0) is 44.4 Å². The molecule has 2 saturated heterocycles. The highest BCUT2D eigenvalue weighted by Crippen LogP contribution is 2.29. The molecule has 36 heavy (non-hydrogen) atoms. The summed E-state index contributed by atoms with van der Waals surface area (Å²) in [5.41, 5.74) is 0.929. The number of likely N-dealkylation sites (tertiary alicyclic amines) is 1. The molecule has 2 fully saturated rings. The van der Waals surface area contributed by atoms with Gasteiger partial charge in [0.15, 0.2) is 0 Å². The van der Waals surface area contributed by atoms with E-state index in [1.165, 1.54) is 0 Å². The van der Waals surface area contributed by atoms with E-state index in [0.29, 0.717) is 18.7 Å². The number of hydrogen-bond donors (Lipinski definition) is 1. The number of piperazine rings is 1. The molecule has 0 unspecified atom stereocenters. The molecule has 2 aliphatic rings. The van der Waals surface area contributed by atoms with Crippen LogP contribution < -0.4 is 10.2 Å². The molecule has 1 N–H and O–H groups in total. The lowest BCUT2D eigenvalue weighted by Gasteiger charge is -2.45. The number of piperidine rings is 1. The average Bonchev–Trinajstić information content (AvgIpc) is 2.85. The van der Waals surface area contributed by atoms with Crippen LogP contribution in [0.5, 0.6) is 0 Å². The molecule has 0 radical (unpaired) electrons. The molecule has 2 amide bonds. The van der Waals surface area contributed by atoms with Gasteiger partial charge in [0, 0.05) is 63.2 Å². The number of nitrogens with zero attached hydrogens (tertiary/aromatic N) is 6. The van der Waals surface area contributed by atoms with Gasteiger partial charge >= 0.3 is 12.2 Å². The number of alkyl halides is 3. The summed E-state index contributed by atoms with van der Waals surface area (Å²) in [4.78, 5) is 26.9. The Morgan fingerprint density at radius 2 is 1.67 bits per heavy atom. The van der Waals surface area contributed by atoms with Crippen LogP contribution in [0.2, 0.25) is 0 Å². The van der Waals surface area contributed by atoms with E-state index in [1.807, 2.05) is 47.9 Å². The van der Waals surface area contributed by atoms with Crippen molar-refractivity contribution in [1.82, 2.24) is 25.1 Å². The molecule has 2 aromatic rings. The first-order valence-corrected chi connectivity index (χ1v) is 12.1. The predicted molar refractivity (Wildman–Crippen MR) is 128 cm³/mol. The van der Waals surface area contributed by atoms with Crippen LogP contribution in [0.15, 0.2) is 36.7 Å². The van der Waals surface area contributed by atoms with Crippen LogP contribution >= 0.6 is 0 Å². The van der Waals surface area contributed by atoms with Crippen LogP contribution in [0.3, 0.4) is 0 Å². The summed E-state index contributed by atoms with van der Waals surface area (Å²) in [5.74, 6) is 0.233. The lowest BCUT2D eigenvalue weighted by atomic mass is 10.0. The molecule has 2 atom stereocenters. The second-order valence-electron chi connectivity index (χ2n) is 9.59. The first-order valence-electron chi connectivity index (χ1n) is 12.1. The standard InChI is InChI=1S/C25H30F3N7O/c1-17-14-34(23-30-12-21(13-31-23)25(26,27)28)15-18(2)35(17)24(36)32-22-7-9-33(10-8-22)16-20-5-3-19(11-29)4-6-20/h3-6,12-13,17-18,22H,7-10,14-16H2,1-2H3,(H,32,36)/t17-,18+. The Morgan fingerprint density at radius 1 is 1.08 bits per heavy atom. The summed E-state index contributed by atoms with van der Waals surface area (Å²) in [6.45, 7) is 7.27. The SMILES string of the molecule is C[C@@H]1CN(c2ncc(C(F)(F)F)cn2)C[C@H](C)N1C(=O)NC1CCN(Cc2ccc(C#N)cc2)CC1. The molecule has 2 aliphatic heterocycles. The van der Waals surface area contributed by atoms with Crippen molar-refractivity contribution >= 4 is 12.0 Å². The van der Waals surface area contributed by atoms with Crippen molar-refractivity contribution in [2.45, 2.75) is 57.5 Å². The lowest BCUT2D eigenvalue weighted by Crippen LogP contribution is -2.62. The summed E-state index contributed by atoms with van der Waals surface area (Å²) in [6.07, 6.45) is -1.18. The van der Waals surface area contributed by atoms with Crippen molar-refractivity contribution in [1.29, 1.82) is 5.26 Å². The number of aromatic nitrogens is 2. The number of halogens is 3. The van der Waals surface area contributed by atoms with E-state index in [-0.39, 0.29) is 30.1 Å².